The fraction of sp³-hybridized carbons (Fsp3) is 0.0667. The average Bonchev–Trinajstić information content (AvgIpc) is 3.06. The topological polar surface area (TPSA) is 89.8 Å². The Labute approximate surface area is 152 Å². The Hall–Kier alpha value is -2.36. The number of ether oxygens (including phenoxy) is 1. The maximum atomic E-state index is 11.9. The van der Waals surface area contributed by atoms with E-state index in [0.717, 1.165) is 11.2 Å². The lowest BCUT2D eigenvalue weighted by Crippen LogP contribution is -2.09. The van der Waals surface area contributed by atoms with Gasteiger partial charge in [-0.1, -0.05) is 11.6 Å². The summed E-state index contributed by atoms with van der Waals surface area (Å²) in [6.07, 6.45) is 5.63. The van der Waals surface area contributed by atoms with Crippen molar-refractivity contribution in [1.29, 1.82) is 0 Å². The van der Waals surface area contributed by atoms with E-state index < -0.39 is 16.0 Å². The van der Waals surface area contributed by atoms with Gasteiger partial charge in [0.25, 0.3) is 0 Å². The molecule has 25 heavy (non-hydrogen) atoms. The molecule has 3 rings (SSSR count). The quantitative estimate of drug-likeness (QED) is 0.406. The number of benzene rings is 1. The van der Waals surface area contributed by atoms with Crippen LogP contribution in [0.2, 0.25) is 5.15 Å². The number of esters is 1. The first-order valence-electron chi connectivity index (χ1n) is 6.90. The van der Waals surface area contributed by atoms with Gasteiger partial charge in [-0.3, -0.25) is 9.12 Å². The van der Waals surface area contributed by atoms with Crippen molar-refractivity contribution in [3.8, 4) is 5.75 Å². The summed E-state index contributed by atoms with van der Waals surface area (Å²) in [5.74, 6) is -0.307. The Morgan fingerprint density at radius 1 is 1.36 bits per heavy atom. The van der Waals surface area contributed by atoms with Crippen LogP contribution < -0.4 is 9.46 Å². The van der Waals surface area contributed by atoms with Crippen molar-refractivity contribution in [2.45, 2.75) is 0 Å². The van der Waals surface area contributed by atoms with Gasteiger partial charge in [-0.05, 0) is 30.3 Å². The number of halogens is 1. The fourth-order valence-electron chi connectivity index (χ4n) is 2.03. The predicted molar refractivity (Wildman–Crippen MR) is 97.7 cm³/mol. The van der Waals surface area contributed by atoms with Crippen LogP contribution in [0, 0.1) is 0 Å². The number of nitrogens with one attached hydrogen (secondary N) is 1. The van der Waals surface area contributed by atoms with E-state index in [4.69, 9.17) is 16.3 Å². The number of imidazole rings is 1. The van der Waals surface area contributed by atoms with E-state index in [1.54, 1.807) is 10.6 Å². The zero-order chi connectivity index (χ0) is 18.0. The van der Waals surface area contributed by atoms with Gasteiger partial charge in [0.2, 0.25) is 10.0 Å². The van der Waals surface area contributed by atoms with Crippen LogP contribution in [0.15, 0.2) is 41.9 Å². The molecule has 0 aliphatic rings. The van der Waals surface area contributed by atoms with Crippen LogP contribution in [-0.4, -0.2) is 30.0 Å². The van der Waals surface area contributed by atoms with Gasteiger partial charge in [0, 0.05) is 23.3 Å². The zero-order valence-electron chi connectivity index (χ0n) is 12.8. The number of anilines is 1. The normalized spacial score (nSPS) is 11.9. The minimum atomic E-state index is -3.35. The number of rotatable bonds is 5. The first-order valence-corrected chi connectivity index (χ1v) is 10.1. The summed E-state index contributed by atoms with van der Waals surface area (Å²) in [7, 11) is -3.35. The van der Waals surface area contributed by atoms with E-state index in [0.29, 0.717) is 16.5 Å². The Morgan fingerprint density at radius 3 is 2.76 bits per heavy atom. The van der Waals surface area contributed by atoms with Crippen molar-refractivity contribution in [3.05, 3.63) is 52.8 Å². The SMILES string of the molecule is CS(=O)(=O)Nc1ccc(OC(=O)C=Cc2c(Cl)nc3sccn23)cc1. The molecule has 1 aromatic carbocycles. The Kier molecular flexibility index (Phi) is 4.80. The molecule has 0 saturated carbocycles. The largest absolute Gasteiger partial charge is 0.423 e. The number of aromatic nitrogens is 2. The van der Waals surface area contributed by atoms with Crippen molar-refractivity contribution < 1.29 is 17.9 Å². The highest BCUT2D eigenvalue weighted by molar-refractivity contribution is 7.92. The van der Waals surface area contributed by atoms with E-state index >= 15 is 0 Å². The molecule has 0 saturated heterocycles. The van der Waals surface area contributed by atoms with E-state index in [-0.39, 0.29) is 5.75 Å². The van der Waals surface area contributed by atoms with Crippen LogP contribution in [0.4, 0.5) is 5.69 Å². The lowest BCUT2D eigenvalue weighted by atomic mass is 10.3. The number of fused-ring (bicyclic) bond motifs is 1. The minimum absolute atomic E-state index is 0.286. The number of carbonyl (C=O) groups is 1. The molecule has 1 N–H and O–H groups in total. The van der Waals surface area contributed by atoms with Crippen LogP contribution in [0.3, 0.4) is 0 Å². The average molecular weight is 398 g/mol. The lowest BCUT2D eigenvalue weighted by molar-refractivity contribution is -0.128. The molecule has 10 heteroatoms. The fourth-order valence-corrected chi connectivity index (χ4v) is 3.60. The van der Waals surface area contributed by atoms with E-state index in [9.17, 15) is 13.2 Å². The van der Waals surface area contributed by atoms with Crippen LogP contribution >= 0.6 is 22.9 Å². The molecule has 0 fully saturated rings. The molecule has 0 bridgehead atoms. The second-order valence-corrected chi connectivity index (χ2v) is 7.98. The molecule has 0 aliphatic carbocycles. The van der Waals surface area contributed by atoms with Crippen molar-refractivity contribution >= 4 is 55.7 Å². The molecule has 0 amide bonds. The van der Waals surface area contributed by atoms with Crippen molar-refractivity contribution in [1.82, 2.24) is 9.38 Å². The first kappa shape index (κ1) is 17.5. The number of hydrogen-bond acceptors (Lipinski definition) is 6. The molecule has 0 spiro atoms. The standard InChI is InChI=1S/C15H12ClN3O4S2/c1-25(21,22)18-10-2-4-11(5-3-10)23-13(20)7-6-12-14(16)17-15-19(12)8-9-24-15/h2-9,18H,1H3. The monoisotopic (exact) mass is 397 g/mol. The van der Waals surface area contributed by atoms with Crippen LogP contribution in [0.25, 0.3) is 11.0 Å². The van der Waals surface area contributed by atoms with E-state index in [1.807, 2.05) is 5.38 Å². The van der Waals surface area contributed by atoms with Gasteiger partial charge in [0.15, 0.2) is 10.1 Å². The van der Waals surface area contributed by atoms with Gasteiger partial charge in [-0.25, -0.2) is 18.2 Å². The summed E-state index contributed by atoms with van der Waals surface area (Å²) < 4.78 is 31.5. The van der Waals surface area contributed by atoms with Gasteiger partial charge >= 0.3 is 5.97 Å². The molecule has 130 valence electrons. The highest BCUT2D eigenvalue weighted by Crippen LogP contribution is 2.22. The summed E-state index contributed by atoms with van der Waals surface area (Å²) in [6.45, 7) is 0. The lowest BCUT2D eigenvalue weighted by Gasteiger charge is -2.05. The highest BCUT2D eigenvalue weighted by atomic mass is 35.5. The third kappa shape index (κ3) is 4.38. The highest BCUT2D eigenvalue weighted by Gasteiger charge is 2.09. The van der Waals surface area contributed by atoms with Gasteiger partial charge in [0.1, 0.15) is 5.75 Å². The third-order valence-corrected chi connectivity index (χ3v) is 4.65. The van der Waals surface area contributed by atoms with Gasteiger partial charge in [-0.15, -0.1) is 11.3 Å². The number of hydrogen-bond donors (Lipinski definition) is 1. The summed E-state index contributed by atoms with van der Waals surface area (Å²) in [4.78, 5) is 16.8. The zero-order valence-corrected chi connectivity index (χ0v) is 15.2. The molecule has 0 atom stereocenters. The number of carbonyl (C=O) groups excluding carboxylic acids is 1. The Morgan fingerprint density at radius 2 is 2.08 bits per heavy atom. The van der Waals surface area contributed by atoms with Crippen LogP contribution in [-0.2, 0) is 14.8 Å². The third-order valence-electron chi connectivity index (χ3n) is 3.01. The molecule has 7 nitrogen and oxygen atoms in total. The van der Waals surface area contributed by atoms with Crippen molar-refractivity contribution in [2.24, 2.45) is 0 Å². The summed E-state index contributed by atoms with van der Waals surface area (Å²) in [5, 5.41) is 2.16. The maximum absolute atomic E-state index is 11.9. The second kappa shape index (κ2) is 6.87. The maximum Gasteiger partial charge on any atom is 0.336 e. The minimum Gasteiger partial charge on any atom is -0.423 e. The molecule has 3 aromatic rings. The molecule has 2 heterocycles. The van der Waals surface area contributed by atoms with Crippen LogP contribution in [0.5, 0.6) is 5.75 Å². The first-order chi connectivity index (χ1) is 11.8. The van der Waals surface area contributed by atoms with Gasteiger partial charge in [0.05, 0.1) is 11.9 Å². The van der Waals surface area contributed by atoms with E-state index in [2.05, 4.69) is 9.71 Å². The number of nitrogens with zero attached hydrogens (tertiary/aromatic N) is 2. The van der Waals surface area contributed by atoms with Gasteiger partial charge in [-0.2, -0.15) is 0 Å². The summed E-state index contributed by atoms with van der Waals surface area (Å²) in [5.41, 5.74) is 0.964. The molecular weight excluding hydrogens is 386 g/mol. The Bertz CT molecular complexity index is 1050. The van der Waals surface area contributed by atoms with E-state index in [1.165, 1.54) is 47.8 Å². The smallest absolute Gasteiger partial charge is 0.336 e. The molecule has 2 aromatic heterocycles. The predicted octanol–water partition coefficient (Wildman–Crippen LogP) is 3.04. The second-order valence-electron chi connectivity index (χ2n) is 5.00. The van der Waals surface area contributed by atoms with Gasteiger partial charge < -0.3 is 4.74 Å². The molecule has 0 radical (unpaired) electrons. The summed E-state index contributed by atoms with van der Waals surface area (Å²) in [6, 6.07) is 5.97. The van der Waals surface area contributed by atoms with Crippen LogP contribution in [0.1, 0.15) is 5.69 Å². The Balaban J connectivity index is 1.68. The number of thiazole rings is 1. The number of sulfonamides is 1. The van der Waals surface area contributed by atoms with Crippen molar-refractivity contribution in [2.75, 3.05) is 11.0 Å². The summed E-state index contributed by atoms with van der Waals surface area (Å²) >= 11 is 7.47. The molecule has 0 unspecified atom stereocenters. The van der Waals surface area contributed by atoms with Crippen molar-refractivity contribution in [3.63, 3.8) is 0 Å². The molecule has 0 aliphatic heterocycles. The molecular formula is C15H12ClN3O4S2.